The van der Waals surface area contributed by atoms with Crippen LogP contribution in [0.3, 0.4) is 0 Å². The van der Waals surface area contributed by atoms with Crippen LogP contribution in [-0.2, 0) is 0 Å². The van der Waals surface area contributed by atoms with Crippen molar-refractivity contribution in [1.82, 2.24) is 20.2 Å². The molecular formula is C15H25N5O. The average Bonchev–Trinajstić information content (AvgIpc) is 3.05. The zero-order chi connectivity index (χ0) is 15.1. The molecule has 0 radical (unpaired) electrons. The molecule has 1 aromatic rings. The Morgan fingerprint density at radius 2 is 2.14 bits per heavy atom. The van der Waals surface area contributed by atoms with Gasteiger partial charge in [0.25, 0.3) is 5.91 Å². The van der Waals surface area contributed by atoms with E-state index < -0.39 is 0 Å². The summed E-state index contributed by atoms with van der Waals surface area (Å²) in [5, 5.41) is 6.09. The number of amides is 1. The Labute approximate surface area is 126 Å². The Morgan fingerprint density at radius 3 is 2.86 bits per heavy atom. The first-order valence-corrected chi connectivity index (χ1v) is 7.79. The van der Waals surface area contributed by atoms with Crippen LogP contribution in [-0.4, -0.2) is 53.0 Å². The van der Waals surface area contributed by atoms with E-state index in [1.807, 2.05) is 0 Å². The molecule has 1 saturated heterocycles. The standard InChI is InChI=1S/C15H25N5O/c1-3-6-17-14-11-16-10-13(19-14)15(21)18-9-12(2)20-7-4-5-8-20/h10-12H,3-9H2,1-2H3,(H,17,19)(H,18,21). The maximum Gasteiger partial charge on any atom is 0.271 e. The third-order valence-corrected chi connectivity index (χ3v) is 3.75. The SMILES string of the molecule is CCCNc1cncc(C(=O)NCC(C)N2CCCC2)n1. The van der Waals surface area contributed by atoms with E-state index in [2.05, 4.69) is 39.3 Å². The molecular weight excluding hydrogens is 266 g/mol. The van der Waals surface area contributed by atoms with Crippen LogP contribution in [0.2, 0.25) is 0 Å². The molecule has 0 bridgehead atoms. The fourth-order valence-corrected chi connectivity index (χ4v) is 2.46. The summed E-state index contributed by atoms with van der Waals surface area (Å²) >= 11 is 0. The molecule has 0 saturated carbocycles. The predicted molar refractivity (Wildman–Crippen MR) is 83.4 cm³/mol. The molecule has 116 valence electrons. The first-order valence-electron chi connectivity index (χ1n) is 7.79. The number of hydrogen-bond donors (Lipinski definition) is 2. The van der Waals surface area contributed by atoms with Gasteiger partial charge in [-0.15, -0.1) is 0 Å². The summed E-state index contributed by atoms with van der Waals surface area (Å²) in [5.74, 6) is 0.491. The van der Waals surface area contributed by atoms with Gasteiger partial charge in [0.05, 0.1) is 12.4 Å². The molecule has 1 aliphatic rings. The number of nitrogens with one attached hydrogen (secondary N) is 2. The Bertz CT molecular complexity index is 459. The lowest BCUT2D eigenvalue weighted by Crippen LogP contribution is -2.40. The van der Waals surface area contributed by atoms with Gasteiger partial charge < -0.3 is 10.6 Å². The van der Waals surface area contributed by atoms with Crippen molar-refractivity contribution in [2.75, 3.05) is 31.5 Å². The molecule has 2 N–H and O–H groups in total. The second kappa shape index (κ2) is 7.93. The Hall–Kier alpha value is -1.69. The van der Waals surface area contributed by atoms with E-state index in [-0.39, 0.29) is 5.91 Å². The van der Waals surface area contributed by atoms with Gasteiger partial charge in [0, 0.05) is 19.1 Å². The largest absolute Gasteiger partial charge is 0.369 e. The lowest BCUT2D eigenvalue weighted by atomic mass is 10.3. The number of anilines is 1. The van der Waals surface area contributed by atoms with E-state index in [1.165, 1.54) is 19.0 Å². The molecule has 6 heteroatoms. The summed E-state index contributed by atoms with van der Waals surface area (Å²) in [5.41, 5.74) is 0.365. The van der Waals surface area contributed by atoms with Gasteiger partial charge >= 0.3 is 0 Å². The molecule has 1 atom stereocenters. The van der Waals surface area contributed by atoms with E-state index in [4.69, 9.17) is 0 Å². The quantitative estimate of drug-likeness (QED) is 0.797. The molecule has 1 aliphatic heterocycles. The third kappa shape index (κ3) is 4.67. The molecule has 0 spiro atoms. The normalized spacial score (nSPS) is 16.7. The van der Waals surface area contributed by atoms with Gasteiger partial charge in [-0.3, -0.25) is 14.7 Å². The van der Waals surface area contributed by atoms with Crippen LogP contribution in [0.5, 0.6) is 0 Å². The van der Waals surface area contributed by atoms with E-state index in [0.717, 1.165) is 26.1 Å². The number of aromatic nitrogens is 2. The highest BCUT2D eigenvalue weighted by molar-refractivity contribution is 5.92. The Morgan fingerprint density at radius 1 is 1.38 bits per heavy atom. The van der Waals surface area contributed by atoms with Crippen molar-refractivity contribution in [2.24, 2.45) is 0 Å². The Kier molecular flexibility index (Phi) is 5.92. The monoisotopic (exact) mass is 291 g/mol. The second-order valence-electron chi connectivity index (χ2n) is 5.52. The summed E-state index contributed by atoms with van der Waals surface area (Å²) in [6, 6.07) is 0.366. The van der Waals surface area contributed by atoms with Gasteiger partial charge in [-0.25, -0.2) is 4.98 Å². The summed E-state index contributed by atoms with van der Waals surface area (Å²) in [6.45, 7) is 7.96. The van der Waals surface area contributed by atoms with Crippen molar-refractivity contribution in [3.8, 4) is 0 Å². The zero-order valence-electron chi connectivity index (χ0n) is 12.9. The summed E-state index contributed by atoms with van der Waals surface area (Å²) in [4.78, 5) is 22.9. The summed E-state index contributed by atoms with van der Waals surface area (Å²) < 4.78 is 0. The zero-order valence-corrected chi connectivity index (χ0v) is 12.9. The Balaban J connectivity index is 1.84. The van der Waals surface area contributed by atoms with Crippen molar-refractivity contribution < 1.29 is 4.79 Å². The minimum absolute atomic E-state index is 0.159. The second-order valence-corrected chi connectivity index (χ2v) is 5.52. The maximum absolute atomic E-state index is 12.1. The molecule has 1 amide bonds. The van der Waals surface area contributed by atoms with Crippen LogP contribution in [0.15, 0.2) is 12.4 Å². The number of nitrogens with zero attached hydrogens (tertiary/aromatic N) is 3. The average molecular weight is 291 g/mol. The highest BCUT2D eigenvalue weighted by Gasteiger charge is 2.19. The molecule has 2 heterocycles. The van der Waals surface area contributed by atoms with Crippen molar-refractivity contribution in [1.29, 1.82) is 0 Å². The van der Waals surface area contributed by atoms with E-state index in [0.29, 0.717) is 24.1 Å². The topological polar surface area (TPSA) is 70.2 Å². The minimum atomic E-state index is -0.159. The van der Waals surface area contributed by atoms with Gasteiger partial charge in [0.15, 0.2) is 0 Å². The van der Waals surface area contributed by atoms with Crippen LogP contribution < -0.4 is 10.6 Å². The van der Waals surface area contributed by atoms with E-state index in [1.54, 1.807) is 6.20 Å². The van der Waals surface area contributed by atoms with Gasteiger partial charge in [-0.1, -0.05) is 6.92 Å². The molecule has 2 rings (SSSR count). The van der Waals surface area contributed by atoms with Crippen molar-refractivity contribution in [2.45, 2.75) is 39.2 Å². The summed E-state index contributed by atoms with van der Waals surface area (Å²) in [7, 11) is 0. The fraction of sp³-hybridized carbons (Fsp3) is 0.667. The fourth-order valence-electron chi connectivity index (χ4n) is 2.46. The van der Waals surface area contributed by atoms with Gasteiger partial charge in [0.1, 0.15) is 11.5 Å². The van der Waals surface area contributed by atoms with Crippen LogP contribution in [0.4, 0.5) is 5.82 Å². The van der Waals surface area contributed by atoms with E-state index in [9.17, 15) is 4.79 Å². The molecule has 21 heavy (non-hydrogen) atoms. The van der Waals surface area contributed by atoms with Gasteiger partial charge in [-0.2, -0.15) is 0 Å². The molecule has 6 nitrogen and oxygen atoms in total. The van der Waals surface area contributed by atoms with Crippen molar-refractivity contribution in [3.63, 3.8) is 0 Å². The molecule has 1 aromatic heterocycles. The highest BCUT2D eigenvalue weighted by Crippen LogP contribution is 2.11. The summed E-state index contributed by atoms with van der Waals surface area (Å²) in [6.07, 6.45) is 6.67. The van der Waals surface area contributed by atoms with Crippen molar-refractivity contribution in [3.05, 3.63) is 18.1 Å². The third-order valence-electron chi connectivity index (χ3n) is 3.75. The highest BCUT2D eigenvalue weighted by atomic mass is 16.1. The minimum Gasteiger partial charge on any atom is -0.369 e. The molecule has 1 fully saturated rings. The molecule has 0 aromatic carbocycles. The van der Waals surface area contributed by atoms with Crippen LogP contribution in [0.1, 0.15) is 43.6 Å². The maximum atomic E-state index is 12.1. The molecule has 0 aliphatic carbocycles. The number of carbonyl (C=O) groups excluding carboxylic acids is 1. The van der Waals surface area contributed by atoms with Gasteiger partial charge in [0.2, 0.25) is 0 Å². The van der Waals surface area contributed by atoms with Crippen LogP contribution >= 0.6 is 0 Å². The first kappa shape index (κ1) is 15.7. The molecule has 1 unspecified atom stereocenters. The van der Waals surface area contributed by atoms with Crippen LogP contribution in [0.25, 0.3) is 0 Å². The smallest absolute Gasteiger partial charge is 0.271 e. The number of carbonyl (C=O) groups is 1. The number of rotatable bonds is 7. The lowest BCUT2D eigenvalue weighted by molar-refractivity contribution is 0.0935. The number of hydrogen-bond acceptors (Lipinski definition) is 5. The lowest BCUT2D eigenvalue weighted by Gasteiger charge is -2.23. The van der Waals surface area contributed by atoms with Crippen LogP contribution in [0, 0.1) is 0 Å². The first-order chi connectivity index (χ1) is 10.2. The number of likely N-dealkylation sites (tertiary alicyclic amines) is 1. The van der Waals surface area contributed by atoms with Gasteiger partial charge in [-0.05, 0) is 39.3 Å². The van der Waals surface area contributed by atoms with Crippen molar-refractivity contribution >= 4 is 11.7 Å². The predicted octanol–water partition coefficient (Wildman–Crippen LogP) is 1.51. The van der Waals surface area contributed by atoms with E-state index >= 15 is 0 Å².